The first-order valence-electron chi connectivity index (χ1n) is 15.1. The molecule has 0 saturated carbocycles. The Kier molecular flexibility index (Phi) is 8.86. The number of likely N-dealkylation sites (tertiary alicyclic amines) is 1. The number of nitrogens with one attached hydrogen (secondary N) is 3. The van der Waals surface area contributed by atoms with Gasteiger partial charge in [-0.15, -0.1) is 0 Å². The van der Waals surface area contributed by atoms with E-state index in [1.54, 1.807) is 29.2 Å². The fourth-order valence-electron chi connectivity index (χ4n) is 5.63. The van der Waals surface area contributed by atoms with Gasteiger partial charge < -0.3 is 29.7 Å². The second-order valence-corrected chi connectivity index (χ2v) is 11.2. The van der Waals surface area contributed by atoms with Crippen molar-refractivity contribution in [3.63, 3.8) is 0 Å². The maximum absolute atomic E-state index is 14.6. The molecule has 1 fully saturated rings. The van der Waals surface area contributed by atoms with Gasteiger partial charge in [0, 0.05) is 43.2 Å². The fraction of sp³-hybridized carbons (Fsp3) is 0.294. The number of fused-ring (bicyclic) bond motifs is 5. The number of H-pyrrole nitrogens is 1. The lowest BCUT2D eigenvalue weighted by atomic mass is 10.0. The summed E-state index contributed by atoms with van der Waals surface area (Å²) in [6.45, 7) is 2.21. The molecule has 4 bridgehead atoms. The summed E-state index contributed by atoms with van der Waals surface area (Å²) < 4.78 is 32.0. The average molecular weight is 628 g/mol. The van der Waals surface area contributed by atoms with Crippen LogP contribution in [0.4, 0.5) is 4.39 Å². The van der Waals surface area contributed by atoms with Crippen LogP contribution in [-0.2, 0) is 17.8 Å². The highest BCUT2D eigenvalue weighted by Crippen LogP contribution is 2.29. The first kappa shape index (κ1) is 30.6. The molecule has 4 aromatic rings. The number of benzene rings is 3. The van der Waals surface area contributed by atoms with Crippen LogP contribution in [0.15, 0.2) is 66.7 Å². The van der Waals surface area contributed by atoms with Crippen LogP contribution in [0.3, 0.4) is 0 Å². The van der Waals surface area contributed by atoms with Crippen molar-refractivity contribution < 1.29 is 33.0 Å². The molecule has 0 unspecified atom stereocenters. The molecule has 12 heteroatoms. The van der Waals surface area contributed by atoms with Crippen molar-refractivity contribution in [3.8, 4) is 28.5 Å². The number of hydrogen-bond donors (Lipinski definition) is 3. The van der Waals surface area contributed by atoms with Gasteiger partial charge in [-0.3, -0.25) is 19.5 Å². The van der Waals surface area contributed by atoms with Gasteiger partial charge in [-0.05, 0) is 53.9 Å². The molecule has 0 radical (unpaired) electrons. The van der Waals surface area contributed by atoms with E-state index in [-0.39, 0.29) is 42.7 Å². The summed E-state index contributed by atoms with van der Waals surface area (Å²) in [6, 6.07) is 17.9. The first-order valence-corrected chi connectivity index (χ1v) is 15.1. The van der Waals surface area contributed by atoms with Gasteiger partial charge in [-0.2, -0.15) is 5.10 Å². The van der Waals surface area contributed by atoms with Crippen LogP contribution in [0.1, 0.15) is 45.3 Å². The number of methoxy groups -OCH3 is 1. The highest BCUT2D eigenvalue weighted by Gasteiger charge is 2.35. The van der Waals surface area contributed by atoms with Crippen molar-refractivity contribution in [1.82, 2.24) is 25.7 Å². The highest BCUT2D eigenvalue weighted by atomic mass is 19.1. The van der Waals surface area contributed by atoms with Crippen LogP contribution in [0.2, 0.25) is 0 Å². The van der Waals surface area contributed by atoms with Crippen molar-refractivity contribution >= 4 is 17.7 Å². The Morgan fingerprint density at radius 2 is 1.87 bits per heavy atom. The van der Waals surface area contributed by atoms with E-state index >= 15 is 0 Å². The van der Waals surface area contributed by atoms with Gasteiger partial charge in [0.15, 0.2) is 18.1 Å². The Morgan fingerprint density at radius 1 is 1.07 bits per heavy atom. The molecule has 3 N–H and O–H groups in total. The van der Waals surface area contributed by atoms with Crippen molar-refractivity contribution in [1.29, 1.82) is 0 Å². The molecule has 11 nitrogen and oxygen atoms in total. The molecule has 1 aromatic heterocycles. The number of aromatic nitrogens is 2. The van der Waals surface area contributed by atoms with Gasteiger partial charge >= 0.3 is 0 Å². The predicted molar refractivity (Wildman–Crippen MR) is 166 cm³/mol. The van der Waals surface area contributed by atoms with E-state index in [2.05, 4.69) is 27.8 Å². The molecule has 238 valence electrons. The summed E-state index contributed by atoms with van der Waals surface area (Å²) in [5, 5.41) is 12.9. The number of amides is 3. The normalized spacial score (nSPS) is 18.4. The lowest BCUT2D eigenvalue weighted by molar-refractivity contribution is -0.125. The van der Waals surface area contributed by atoms with Gasteiger partial charge in [0.1, 0.15) is 23.4 Å². The van der Waals surface area contributed by atoms with E-state index in [1.165, 1.54) is 30.9 Å². The molecule has 2 aliphatic heterocycles. The Hall–Kier alpha value is -5.39. The van der Waals surface area contributed by atoms with Crippen molar-refractivity contribution in [2.24, 2.45) is 0 Å². The van der Waals surface area contributed by atoms with E-state index in [1.807, 2.05) is 24.3 Å². The van der Waals surface area contributed by atoms with Crippen LogP contribution in [0.25, 0.3) is 11.3 Å². The van der Waals surface area contributed by atoms with Crippen LogP contribution >= 0.6 is 0 Å². The third kappa shape index (κ3) is 6.80. The number of nitrogens with zero attached hydrogens (tertiary/aromatic N) is 2. The number of carbonyl (C=O) groups is 3. The zero-order valence-corrected chi connectivity index (χ0v) is 25.5. The highest BCUT2D eigenvalue weighted by molar-refractivity contribution is 5.95. The SMILES string of the molecule is CCc1ccc(-c2cc(C(=O)N3CC[C@@H]4Oc5cc(F)cc(c5)CNC(=O)c5ccc(OC)c(c5)OCC(=O)N[C@@H]4C3)[nH]n2)cc1. The second-order valence-electron chi connectivity index (χ2n) is 11.2. The van der Waals surface area contributed by atoms with E-state index in [9.17, 15) is 18.8 Å². The van der Waals surface area contributed by atoms with E-state index in [4.69, 9.17) is 14.2 Å². The van der Waals surface area contributed by atoms with E-state index in [0.29, 0.717) is 35.7 Å². The van der Waals surface area contributed by atoms with E-state index in [0.717, 1.165) is 12.0 Å². The third-order valence-electron chi connectivity index (χ3n) is 8.11. The zero-order chi connectivity index (χ0) is 32.2. The minimum atomic E-state index is -0.648. The number of aryl methyl sites for hydroxylation is 1. The van der Waals surface area contributed by atoms with Gasteiger partial charge in [0.05, 0.1) is 18.8 Å². The summed E-state index contributed by atoms with van der Waals surface area (Å²) in [4.78, 5) is 41.2. The van der Waals surface area contributed by atoms with Crippen molar-refractivity contribution in [3.05, 3.63) is 94.9 Å². The maximum atomic E-state index is 14.6. The molecular weight excluding hydrogens is 593 g/mol. The predicted octanol–water partition coefficient (Wildman–Crippen LogP) is 3.89. The Morgan fingerprint density at radius 3 is 2.65 bits per heavy atom. The number of hydrogen-bond acceptors (Lipinski definition) is 7. The second kappa shape index (κ2) is 13.3. The van der Waals surface area contributed by atoms with E-state index < -0.39 is 29.8 Å². The van der Waals surface area contributed by atoms with Gasteiger partial charge in [-0.25, -0.2) is 4.39 Å². The van der Waals surface area contributed by atoms with Gasteiger partial charge in [0.25, 0.3) is 17.7 Å². The fourth-order valence-corrected chi connectivity index (χ4v) is 5.63. The van der Waals surface area contributed by atoms with Crippen LogP contribution in [0, 0.1) is 5.82 Å². The number of rotatable bonds is 4. The monoisotopic (exact) mass is 627 g/mol. The number of halogens is 1. The molecule has 2 atom stereocenters. The van der Waals surface area contributed by atoms with Gasteiger partial charge in [-0.1, -0.05) is 31.2 Å². The Bertz CT molecular complexity index is 1760. The smallest absolute Gasteiger partial charge is 0.271 e. The third-order valence-corrected chi connectivity index (χ3v) is 8.11. The molecule has 6 rings (SSSR count). The summed E-state index contributed by atoms with van der Waals surface area (Å²) >= 11 is 0. The number of aromatic amines is 1. The molecule has 3 amide bonds. The first-order chi connectivity index (χ1) is 22.3. The molecule has 0 spiro atoms. The molecule has 3 heterocycles. The molecule has 1 saturated heterocycles. The lowest BCUT2D eigenvalue weighted by Gasteiger charge is -2.38. The van der Waals surface area contributed by atoms with Crippen molar-refractivity contribution in [2.45, 2.75) is 38.5 Å². The lowest BCUT2D eigenvalue weighted by Crippen LogP contribution is -2.58. The quantitative estimate of drug-likeness (QED) is 0.313. The standard InChI is InChI=1S/C34H34FN5O6/c1-3-20-4-6-22(7-5-20)26-16-27(39-38-26)34(43)40-11-10-29-28(18-40)37-32(41)19-45-31-14-23(8-9-30(31)44-2)33(42)36-17-21-12-24(35)15-25(13-21)46-29/h4-9,12-16,28-29H,3,10-11,17-19H2,1-2H3,(H,36,42)(H,37,41)(H,38,39)/t28-,29+/m1/s1. The topological polar surface area (TPSA) is 135 Å². The average Bonchev–Trinajstić information content (AvgIpc) is 3.56. The summed E-state index contributed by atoms with van der Waals surface area (Å²) in [7, 11) is 1.45. The minimum absolute atomic E-state index is 0.0528. The number of carbonyl (C=O) groups excluding carboxylic acids is 3. The summed E-state index contributed by atoms with van der Waals surface area (Å²) in [5.74, 6) is -0.895. The van der Waals surface area contributed by atoms with Crippen molar-refractivity contribution in [2.75, 3.05) is 26.8 Å². The van der Waals surface area contributed by atoms with Crippen LogP contribution in [0.5, 0.6) is 17.2 Å². The zero-order valence-electron chi connectivity index (χ0n) is 25.5. The number of ether oxygens (including phenoxy) is 3. The Balaban J connectivity index is 1.24. The van der Waals surface area contributed by atoms with Gasteiger partial charge in [0.2, 0.25) is 0 Å². The molecular formula is C34H34FN5O6. The van der Waals surface area contributed by atoms with Crippen LogP contribution < -0.4 is 24.8 Å². The minimum Gasteiger partial charge on any atom is -0.493 e. The summed E-state index contributed by atoms with van der Waals surface area (Å²) in [6.07, 6.45) is 0.696. The molecule has 2 aliphatic rings. The molecule has 3 aromatic carbocycles. The maximum Gasteiger partial charge on any atom is 0.271 e. The largest absolute Gasteiger partial charge is 0.493 e. The summed E-state index contributed by atoms with van der Waals surface area (Å²) in [5.41, 5.74) is 3.83. The molecule has 0 aliphatic carbocycles. The number of piperidine rings is 1. The molecule has 46 heavy (non-hydrogen) atoms. The van der Waals surface area contributed by atoms with Crippen LogP contribution in [-0.4, -0.2) is 71.8 Å². The Labute approximate surface area is 265 Å².